The summed E-state index contributed by atoms with van der Waals surface area (Å²) < 4.78 is 15.0. The second kappa shape index (κ2) is 8.48. The van der Waals surface area contributed by atoms with Gasteiger partial charge in [0.2, 0.25) is 0 Å². The van der Waals surface area contributed by atoms with E-state index in [1.807, 2.05) is 6.07 Å². The molecule has 9 heteroatoms. The Morgan fingerprint density at radius 2 is 1.82 bits per heavy atom. The summed E-state index contributed by atoms with van der Waals surface area (Å²) in [5.74, 6) is 0.417. The second-order valence-corrected chi connectivity index (χ2v) is 10.3. The Morgan fingerprint density at radius 3 is 2.68 bits per heavy atom. The highest BCUT2D eigenvalue weighted by atomic mass is 32.2. The van der Waals surface area contributed by atoms with Gasteiger partial charge in [0.15, 0.2) is 5.16 Å². The van der Waals surface area contributed by atoms with Crippen LogP contribution in [0.2, 0.25) is 0 Å². The molecule has 170 valence electrons. The van der Waals surface area contributed by atoms with Gasteiger partial charge >= 0.3 is 0 Å². The Hall–Kier alpha value is -3.30. The molecule has 0 atom stereocenters. The summed E-state index contributed by atoms with van der Waals surface area (Å²) in [6.45, 7) is 0. The third-order valence-corrected chi connectivity index (χ3v) is 8.13. The molecule has 0 saturated carbocycles. The van der Waals surface area contributed by atoms with Crippen LogP contribution in [0, 0.1) is 5.82 Å². The third kappa shape index (κ3) is 3.65. The Kier molecular flexibility index (Phi) is 5.30. The van der Waals surface area contributed by atoms with Crippen molar-refractivity contribution in [2.24, 2.45) is 0 Å². The van der Waals surface area contributed by atoms with Gasteiger partial charge in [0.25, 0.3) is 11.1 Å². The average Bonchev–Trinajstić information content (AvgIpc) is 3.23. The van der Waals surface area contributed by atoms with Crippen molar-refractivity contribution in [1.82, 2.24) is 19.5 Å². The Morgan fingerprint density at radius 1 is 1.03 bits per heavy atom. The highest BCUT2D eigenvalue weighted by molar-refractivity contribution is 7.98. The molecule has 2 aromatic carbocycles. The molecule has 0 amide bonds. The molecule has 0 bridgehead atoms. The van der Waals surface area contributed by atoms with E-state index in [4.69, 9.17) is 9.97 Å². The van der Waals surface area contributed by atoms with Crippen LogP contribution in [-0.2, 0) is 18.6 Å². The van der Waals surface area contributed by atoms with Crippen LogP contribution in [0.5, 0.6) is 0 Å². The number of nitrogens with zero attached hydrogens (tertiary/aromatic N) is 3. The molecule has 1 N–H and O–H groups in total. The van der Waals surface area contributed by atoms with Crippen molar-refractivity contribution in [1.29, 1.82) is 0 Å². The molecule has 6 nitrogen and oxygen atoms in total. The van der Waals surface area contributed by atoms with E-state index in [0.29, 0.717) is 33.3 Å². The van der Waals surface area contributed by atoms with Crippen molar-refractivity contribution >= 4 is 44.2 Å². The first-order chi connectivity index (χ1) is 16.6. The number of rotatable bonds is 4. The highest BCUT2D eigenvalue weighted by Gasteiger charge is 2.20. The highest BCUT2D eigenvalue weighted by Crippen LogP contribution is 2.34. The zero-order valence-corrected chi connectivity index (χ0v) is 19.6. The minimum absolute atomic E-state index is 0.116. The number of hydrogen-bond acceptors (Lipinski definition) is 6. The van der Waals surface area contributed by atoms with Gasteiger partial charge in [-0.2, -0.15) is 0 Å². The minimum atomic E-state index is -0.379. The fraction of sp³-hybridized carbons (Fsp3) is 0.200. The maximum absolute atomic E-state index is 13.5. The van der Waals surface area contributed by atoms with Gasteiger partial charge in [-0.25, -0.2) is 14.4 Å². The lowest BCUT2D eigenvalue weighted by Gasteiger charge is -2.13. The Bertz CT molecular complexity index is 1670. The molecule has 0 unspecified atom stereocenters. The number of aryl methyl sites for hydroxylation is 2. The van der Waals surface area contributed by atoms with E-state index in [9.17, 15) is 14.0 Å². The van der Waals surface area contributed by atoms with E-state index in [0.717, 1.165) is 41.5 Å². The number of thioether (sulfide) groups is 1. The lowest BCUT2D eigenvalue weighted by Crippen LogP contribution is -2.23. The number of thiophene rings is 1. The lowest BCUT2D eigenvalue weighted by atomic mass is 9.97. The van der Waals surface area contributed by atoms with Gasteiger partial charge in [-0.15, -0.1) is 11.3 Å². The number of H-pyrrole nitrogens is 1. The summed E-state index contributed by atoms with van der Waals surface area (Å²) in [4.78, 5) is 40.6. The van der Waals surface area contributed by atoms with E-state index in [1.165, 1.54) is 33.3 Å². The fourth-order valence-corrected chi connectivity index (χ4v) is 6.58. The van der Waals surface area contributed by atoms with Gasteiger partial charge in [0.05, 0.1) is 27.7 Å². The van der Waals surface area contributed by atoms with Crippen LogP contribution in [0.15, 0.2) is 63.3 Å². The first-order valence-electron chi connectivity index (χ1n) is 11.0. The molecule has 34 heavy (non-hydrogen) atoms. The van der Waals surface area contributed by atoms with Gasteiger partial charge in [-0.3, -0.25) is 14.2 Å². The molecule has 3 heterocycles. The summed E-state index contributed by atoms with van der Waals surface area (Å²) >= 11 is 2.93. The molecule has 0 spiro atoms. The molecule has 0 radical (unpaired) electrons. The third-order valence-electron chi connectivity index (χ3n) is 6.07. The molecule has 0 fully saturated rings. The molecule has 0 aliphatic heterocycles. The maximum atomic E-state index is 13.5. The molecule has 5 aromatic rings. The van der Waals surface area contributed by atoms with Crippen molar-refractivity contribution in [2.45, 2.75) is 36.6 Å². The van der Waals surface area contributed by atoms with Crippen LogP contribution in [0.4, 0.5) is 4.39 Å². The number of halogens is 1. The van der Waals surface area contributed by atoms with Crippen molar-refractivity contribution < 1.29 is 4.39 Å². The molecule has 1 aliphatic rings. The van der Waals surface area contributed by atoms with Gasteiger partial charge in [0, 0.05) is 4.88 Å². The molecular formula is C25H19FN4O2S2. The number of benzene rings is 2. The first kappa shape index (κ1) is 21.2. The van der Waals surface area contributed by atoms with E-state index >= 15 is 0 Å². The van der Waals surface area contributed by atoms with Gasteiger partial charge in [0.1, 0.15) is 16.5 Å². The summed E-state index contributed by atoms with van der Waals surface area (Å²) in [5, 5.41) is 1.69. The van der Waals surface area contributed by atoms with Crippen molar-refractivity contribution in [3.8, 4) is 5.69 Å². The first-order valence-corrected chi connectivity index (χ1v) is 12.8. The van der Waals surface area contributed by atoms with Gasteiger partial charge in [-0.1, -0.05) is 23.9 Å². The molecule has 6 rings (SSSR count). The summed E-state index contributed by atoms with van der Waals surface area (Å²) in [5.41, 5.74) is 1.93. The zero-order valence-electron chi connectivity index (χ0n) is 18.0. The summed E-state index contributed by atoms with van der Waals surface area (Å²) in [6, 6.07) is 12.9. The smallest absolute Gasteiger partial charge is 0.265 e. The van der Waals surface area contributed by atoms with Crippen LogP contribution >= 0.6 is 23.1 Å². The number of hydrogen-bond donors (Lipinski definition) is 1. The van der Waals surface area contributed by atoms with E-state index < -0.39 is 0 Å². The van der Waals surface area contributed by atoms with Crippen LogP contribution in [0.1, 0.15) is 29.1 Å². The van der Waals surface area contributed by atoms with Crippen LogP contribution in [0.3, 0.4) is 0 Å². The average molecular weight is 491 g/mol. The van der Waals surface area contributed by atoms with Crippen LogP contribution < -0.4 is 11.1 Å². The number of fused-ring (bicyclic) bond motifs is 4. The number of aromatic amines is 1. The normalized spacial score (nSPS) is 13.4. The number of para-hydroxylation sites is 1. The minimum Gasteiger partial charge on any atom is -0.301 e. The Labute approximate surface area is 201 Å². The van der Waals surface area contributed by atoms with Crippen molar-refractivity contribution in [2.75, 3.05) is 0 Å². The standard InChI is InChI=1S/C25H19FN4O2S2/c26-14-9-11-15(12-10-14)30-20(27-18-7-3-1-5-16(18)24(30)32)13-33-25-28-22(31)21-17-6-2-4-8-19(17)34-23(21)29-25/h1,3,5,7,9-12H,2,4,6,8,13H2,(H,28,29,31). The van der Waals surface area contributed by atoms with Gasteiger partial charge in [-0.05, 0) is 67.6 Å². The zero-order chi connectivity index (χ0) is 23.2. The quantitative estimate of drug-likeness (QED) is 0.283. The van der Waals surface area contributed by atoms with E-state index in [2.05, 4.69) is 4.98 Å². The Balaban J connectivity index is 1.42. The molecule has 3 aromatic heterocycles. The largest absolute Gasteiger partial charge is 0.301 e. The lowest BCUT2D eigenvalue weighted by molar-refractivity contribution is 0.627. The summed E-state index contributed by atoms with van der Waals surface area (Å²) in [7, 11) is 0. The van der Waals surface area contributed by atoms with Gasteiger partial charge < -0.3 is 4.98 Å². The SMILES string of the molecule is O=c1[nH]c(SCc2nc3ccccc3c(=O)n2-c2ccc(F)cc2)nc2sc3c(c12)CCCC3. The number of aromatic nitrogens is 4. The fourth-order valence-electron chi connectivity index (χ4n) is 4.48. The predicted molar refractivity (Wildman–Crippen MR) is 134 cm³/mol. The van der Waals surface area contributed by atoms with E-state index in [-0.39, 0.29) is 16.9 Å². The maximum Gasteiger partial charge on any atom is 0.265 e. The van der Waals surface area contributed by atoms with Crippen LogP contribution in [0.25, 0.3) is 26.8 Å². The number of nitrogens with one attached hydrogen (secondary N) is 1. The van der Waals surface area contributed by atoms with Crippen molar-refractivity contribution in [3.63, 3.8) is 0 Å². The monoisotopic (exact) mass is 490 g/mol. The molecule has 1 aliphatic carbocycles. The molecule has 0 saturated heterocycles. The van der Waals surface area contributed by atoms with E-state index in [1.54, 1.807) is 41.7 Å². The molecular weight excluding hydrogens is 471 g/mol. The van der Waals surface area contributed by atoms with Crippen molar-refractivity contribution in [3.05, 3.63) is 91.3 Å². The summed E-state index contributed by atoms with van der Waals surface area (Å²) in [6.07, 6.45) is 4.18. The van der Waals surface area contributed by atoms with Crippen LogP contribution in [-0.4, -0.2) is 19.5 Å². The second-order valence-electron chi connectivity index (χ2n) is 8.21. The predicted octanol–water partition coefficient (Wildman–Crippen LogP) is 4.99. The topological polar surface area (TPSA) is 80.6 Å².